The van der Waals surface area contributed by atoms with Crippen molar-refractivity contribution in [3.63, 3.8) is 0 Å². The van der Waals surface area contributed by atoms with Gasteiger partial charge in [-0.15, -0.1) is 0 Å². The van der Waals surface area contributed by atoms with Gasteiger partial charge in [-0.1, -0.05) is 48.0 Å². The lowest BCUT2D eigenvalue weighted by atomic mass is 10.1. The molecule has 0 spiro atoms. The molecule has 0 unspecified atom stereocenters. The van der Waals surface area contributed by atoms with E-state index < -0.39 is 12.1 Å². The molecule has 0 saturated heterocycles. The molecule has 0 aliphatic carbocycles. The first-order chi connectivity index (χ1) is 16.1. The number of hydrogen-bond acceptors (Lipinski definition) is 5. The van der Waals surface area contributed by atoms with Gasteiger partial charge < -0.3 is 16.0 Å². The van der Waals surface area contributed by atoms with E-state index in [-0.39, 0.29) is 5.91 Å². The van der Waals surface area contributed by atoms with E-state index in [2.05, 4.69) is 36.1 Å². The lowest BCUT2D eigenvalue weighted by molar-refractivity contribution is 0.102. The van der Waals surface area contributed by atoms with E-state index in [0.717, 1.165) is 5.56 Å². The summed E-state index contributed by atoms with van der Waals surface area (Å²) in [5.74, 6) is 0.548. The van der Waals surface area contributed by atoms with Crippen LogP contribution < -0.4 is 16.0 Å². The number of amides is 3. The number of aromatic amines is 1. The number of carbonyl (C=O) groups excluding carboxylic acids is 2. The Balaban J connectivity index is 1.41. The lowest BCUT2D eigenvalue weighted by Gasteiger charge is -2.17. The van der Waals surface area contributed by atoms with E-state index in [4.69, 9.17) is 11.6 Å². The molecule has 0 radical (unpaired) electrons. The van der Waals surface area contributed by atoms with Crippen LogP contribution in [0.2, 0.25) is 5.02 Å². The summed E-state index contributed by atoms with van der Waals surface area (Å²) in [7, 11) is 0. The Kier molecular flexibility index (Phi) is 6.91. The number of H-pyrrole nitrogens is 1. The van der Waals surface area contributed by atoms with Crippen LogP contribution in [0.1, 0.15) is 27.8 Å². The van der Waals surface area contributed by atoms with Crippen LogP contribution in [0, 0.1) is 0 Å². The summed E-state index contributed by atoms with van der Waals surface area (Å²) in [6.45, 7) is 0. The normalized spacial score (nSPS) is 11.4. The summed E-state index contributed by atoms with van der Waals surface area (Å²) in [6.07, 6.45) is 3.37. The minimum absolute atomic E-state index is 0.362. The van der Waals surface area contributed by atoms with Crippen LogP contribution >= 0.6 is 11.6 Å². The van der Waals surface area contributed by atoms with Crippen LogP contribution in [0.25, 0.3) is 0 Å². The van der Waals surface area contributed by atoms with Crippen molar-refractivity contribution in [1.82, 2.24) is 25.5 Å². The molecule has 9 nitrogen and oxygen atoms in total. The van der Waals surface area contributed by atoms with Crippen molar-refractivity contribution in [3.8, 4) is 0 Å². The first kappa shape index (κ1) is 22.0. The van der Waals surface area contributed by atoms with Gasteiger partial charge in [0.25, 0.3) is 5.91 Å². The molecule has 166 valence electrons. The number of carbonyl (C=O) groups is 2. The standard InChI is InChI=1S/C23H20ClN7O2/c24-17-9-10-20(25-13-17)30-22(32)16-7-4-8-18(12-16)28-23(33)29-19(21-26-14-27-31-21)11-15-5-2-1-3-6-15/h1-10,12-14,19H,11H2,(H,25,30,32)(H,26,27,31)(H2,28,29,33)/t19-/m1/s1. The Morgan fingerprint density at radius 2 is 1.82 bits per heavy atom. The third-order valence-corrected chi connectivity index (χ3v) is 4.93. The van der Waals surface area contributed by atoms with Crippen molar-refractivity contribution in [3.05, 3.63) is 101 Å². The van der Waals surface area contributed by atoms with Gasteiger partial charge in [0.05, 0.1) is 11.1 Å². The Bertz CT molecular complexity index is 1220. The van der Waals surface area contributed by atoms with Crippen molar-refractivity contribution >= 4 is 35.0 Å². The molecule has 3 amide bonds. The number of nitrogens with zero attached hydrogens (tertiary/aromatic N) is 3. The van der Waals surface area contributed by atoms with Gasteiger partial charge in [-0.3, -0.25) is 9.89 Å². The second-order valence-electron chi connectivity index (χ2n) is 7.11. The number of hydrogen-bond donors (Lipinski definition) is 4. The fourth-order valence-electron chi connectivity index (χ4n) is 3.15. The number of pyridine rings is 1. The lowest BCUT2D eigenvalue weighted by Crippen LogP contribution is -2.34. The number of aromatic nitrogens is 4. The number of halogens is 1. The molecule has 33 heavy (non-hydrogen) atoms. The molecule has 4 N–H and O–H groups in total. The molecule has 0 aliphatic heterocycles. The largest absolute Gasteiger partial charge is 0.328 e. The molecule has 10 heteroatoms. The van der Waals surface area contributed by atoms with Crippen LogP contribution in [0.5, 0.6) is 0 Å². The van der Waals surface area contributed by atoms with Gasteiger partial charge in [0, 0.05) is 23.9 Å². The summed E-state index contributed by atoms with van der Waals surface area (Å²) in [5.41, 5.74) is 1.86. The van der Waals surface area contributed by atoms with Crippen molar-refractivity contribution in [2.75, 3.05) is 10.6 Å². The van der Waals surface area contributed by atoms with E-state index in [9.17, 15) is 9.59 Å². The highest BCUT2D eigenvalue weighted by Gasteiger charge is 2.18. The number of anilines is 2. The summed E-state index contributed by atoms with van der Waals surface area (Å²) >= 11 is 5.82. The van der Waals surface area contributed by atoms with E-state index >= 15 is 0 Å². The monoisotopic (exact) mass is 461 g/mol. The molecule has 0 fully saturated rings. The quantitative estimate of drug-likeness (QED) is 0.328. The van der Waals surface area contributed by atoms with Gasteiger partial charge >= 0.3 is 6.03 Å². The van der Waals surface area contributed by atoms with Crippen LogP contribution in [0.3, 0.4) is 0 Å². The highest BCUT2D eigenvalue weighted by molar-refractivity contribution is 6.30. The number of rotatable bonds is 7. The Morgan fingerprint density at radius 3 is 2.55 bits per heavy atom. The van der Waals surface area contributed by atoms with Gasteiger partial charge in [-0.2, -0.15) is 5.10 Å². The maximum atomic E-state index is 12.7. The Morgan fingerprint density at radius 1 is 0.970 bits per heavy atom. The van der Waals surface area contributed by atoms with Crippen molar-refractivity contribution in [2.24, 2.45) is 0 Å². The van der Waals surface area contributed by atoms with Gasteiger partial charge in [-0.05, 0) is 35.9 Å². The molecule has 0 aliphatic rings. The van der Waals surface area contributed by atoms with Crippen LogP contribution in [-0.2, 0) is 6.42 Å². The predicted octanol–water partition coefficient (Wildman–Crippen LogP) is 4.21. The molecular weight excluding hydrogens is 442 g/mol. The molecular formula is C23H20ClN7O2. The molecule has 4 rings (SSSR count). The minimum Gasteiger partial charge on any atom is -0.328 e. The van der Waals surface area contributed by atoms with Crippen LogP contribution in [-0.4, -0.2) is 32.1 Å². The topological polar surface area (TPSA) is 125 Å². The molecule has 4 aromatic rings. The first-order valence-electron chi connectivity index (χ1n) is 10.1. The summed E-state index contributed by atoms with van der Waals surface area (Å²) in [6, 6.07) is 18.7. The summed E-state index contributed by atoms with van der Waals surface area (Å²) in [4.78, 5) is 33.5. The smallest absolute Gasteiger partial charge is 0.319 e. The second kappa shape index (κ2) is 10.4. The van der Waals surface area contributed by atoms with Crippen molar-refractivity contribution in [2.45, 2.75) is 12.5 Å². The Labute approximate surface area is 194 Å². The molecule has 0 bridgehead atoms. The SMILES string of the molecule is O=C(Nc1cccc(C(=O)Nc2ccc(Cl)cn2)c1)N[C@H](Cc1ccccc1)c1ncn[nH]1. The second-order valence-corrected chi connectivity index (χ2v) is 7.54. The fourth-order valence-corrected chi connectivity index (χ4v) is 3.26. The molecule has 2 aromatic heterocycles. The van der Waals surface area contributed by atoms with Gasteiger partial charge in [0.2, 0.25) is 0 Å². The number of nitrogens with one attached hydrogen (secondary N) is 4. The van der Waals surface area contributed by atoms with Gasteiger partial charge in [0.15, 0.2) is 0 Å². The third-order valence-electron chi connectivity index (χ3n) is 4.70. The maximum absolute atomic E-state index is 12.7. The average Bonchev–Trinajstić information content (AvgIpc) is 3.36. The van der Waals surface area contributed by atoms with Crippen molar-refractivity contribution < 1.29 is 9.59 Å². The van der Waals surface area contributed by atoms with E-state index in [1.54, 1.807) is 36.4 Å². The molecule has 2 heterocycles. The van der Waals surface area contributed by atoms with Gasteiger partial charge in [-0.25, -0.2) is 14.8 Å². The molecule has 1 atom stereocenters. The van der Waals surface area contributed by atoms with Crippen LogP contribution in [0.4, 0.5) is 16.3 Å². The summed E-state index contributed by atoms with van der Waals surface area (Å²) in [5, 5.41) is 15.5. The average molecular weight is 462 g/mol. The highest BCUT2D eigenvalue weighted by Crippen LogP contribution is 2.17. The van der Waals surface area contributed by atoms with E-state index in [0.29, 0.717) is 34.3 Å². The predicted molar refractivity (Wildman–Crippen MR) is 125 cm³/mol. The summed E-state index contributed by atoms with van der Waals surface area (Å²) < 4.78 is 0. The zero-order valence-electron chi connectivity index (χ0n) is 17.3. The maximum Gasteiger partial charge on any atom is 0.319 e. The van der Waals surface area contributed by atoms with E-state index in [1.807, 2.05) is 30.3 Å². The number of benzene rings is 2. The molecule has 2 aromatic carbocycles. The third kappa shape index (κ3) is 6.14. The zero-order valence-corrected chi connectivity index (χ0v) is 18.1. The number of urea groups is 1. The minimum atomic E-state index is -0.441. The zero-order chi connectivity index (χ0) is 23.0. The Hall–Kier alpha value is -4.24. The van der Waals surface area contributed by atoms with Gasteiger partial charge in [0.1, 0.15) is 18.0 Å². The first-order valence-corrected chi connectivity index (χ1v) is 10.4. The van der Waals surface area contributed by atoms with Crippen molar-refractivity contribution in [1.29, 1.82) is 0 Å². The fraction of sp³-hybridized carbons (Fsp3) is 0.0870. The highest BCUT2D eigenvalue weighted by atomic mass is 35.5. The van der Waals surface area contributed by atoms with E-state index in [1.165, 1.54) is 12.5 Å². The molecule has 0 saturated carbocycles. The van der Waals surface area contributed by atoms with Crippen LogP contribution in [0.15, 0.2) is 79.3 Å².